The molecule has 2 amide bonds. The topological polar surface area (TPSA) is 108 Å². The first-order valence-corrected chi connectivity index (χ1v) is 7.65. The Morgan fingerprint density at radius 1 is 1.08 bits per heavy atom. The van der Waals surface area contributed by atoms with E-state index in [2.05, 4.69) is 10.9 Å². The van der Waals surface area contributed by atoms with E-state index in [0.29, 0.717) is 12.2 Å². The minimum atomic E-state index is -1.23. The summed E-state index contributed by atoms with van der Waals surface area (Å²) in [4.78, 5) is 35.8. The third-order valence-corrected chi connectivity index (χ3v) is 4.69. The second kappa shape index (κ2) is 6.35. The Kier molecular flexibility index (Phi) is 4.24. The van der Waals surface area contributed by atoms with Crippen molar-refractivity contribution in [1.29, 1.82) is 0 Å². The van der Waals surface area contributed by atoms with Gasteiger partial charge in [0.25, 0.3) is 5.91 Å². The lowest BCUT2D eigenvalue weighted by molar-refractivity contribution is -0.313. The van der Waals surface area contributed by atoms with Crippen molar-refractivity contribution in [2.24, 2.45) is 23.7 Å². The smallest absolute Gasteiger partial charge is 0.273 e. The van der Waals surface area contributed by atoms with Gasteiger partial charge in [0.05, 0.1) is 18.6 Å². The van der Waals surface area contributed by atoms with Crippen LogP contribution in [0, 0.1) is 23.7 Å². The molecule has 2 bridgehead atoms. The maximum Gasteiger partial charge on any atom is 0.273 e. The largest absolute Gasteiger partial charge is 0.550 e. The van der Waals surface area contributed by atoms with Crippen molar-refractivity contribution in [2.75, 3.05) is 7.11 Å². The van der Waals surface area contributed by atoms with Gasteiger partial charge in [0, 0.05) is 11.9 Å². The number of carbonyl (C=O) groups excluding carboxylic acids is 3. The van der Waals surface area contributed by atoms with E-state index in [9.17, 15) is 19.5 Å². The van der Waals surface area contributed by atoms with Gasteiger partial charge < -0.3 is 14.6 Å². The number of hydrazine groups is 1. The van der Waals surface area contributed by atoms with E-state index in [1.807, 2.05) is 12.2 Å². The summed E-state index contributed by atoms with van der Waals surface area (Å²) in [6.07, 6.45) is 4.30. The van der Waals surface area contributed by atoms with Crippen molar-refractivity contribution in [3.8, 4) is 5.75 Å². The first-order valence-electron chi connectivity index (χ1n) is 7.65. The number of fused-ring (bicyclic) bond motifs is 2. The number of methoxy groups -OCH3 is 1. The van der Waals surface area contributed by atoms with Crippen molar-refractivity contribution in [3.63, 3.8) is 0 Å². The third kappa shape index (κ3) is 2.73. The Hall–Kier alpha value is -2.83. The van der Waals surface area contributed by atoms with Gasteiger partial charge in [0.2, 0.25) is 5.91 Å². The maximum atomic E-state index is 12.4. The van der Waals surface area contributed by atoms with Crippen LogP contribution in [0.15, 0.2) is 36.4 Å². The molecule has 1 fully saturated rings. The molecule has 0 aliphatic heterocycles. The summed E-state index contributed by atoms with van der Waals surface area (Å²) in [6, 6.07) is 6.58. The van der Waals surface area contributed by atoms with Gasteiger partial charge in [-0.05, 0) is 30.4 Å². The van der Waals surface area contributed by atoms with Gasteiger partial charge in [-0.3, -0.25) is 20.4 Å². The summed E-state index contributed by atoms with van der Waals surface area (Å²) in [5.74, 6) is -3.83. The number of hydrogen-bond donors (Lipinski definition) is 2. The highest BCUT2D eigenvalue weighted by atomic mass is 16.5. The Balaban J connectivity index is 1.66. The number of rotatable bonds is 4. The van der Waals surface area contributed by atoms with Gasteiger partial charge in [0.1, 0.15) is 5.75 Å². The van der Waals surface area contributed by atoms with Crippen LogP contribution in [-0.2, 0) is 9.59 Å². The Labute approximate surface area is 138 Å². The summed E-state index contributed by atoms with van der Waals surface area (Å²) in [7, 11) is 1.44. The SMILES string of the molecule is COc1ccccc1C(=O)NNC(=O)C1C2C=CC(C2)C1C(=O)[O-]. The van der Waals surface area contributed by atoms with Crippen molar-refractivity contribution < 1.29 is 24.2 Å². The number of allylic oxidation sites excluding steroid dienone is 2. The molecule has 0 aromatic heterocycles. The fraction of sp³-hybridized carbons (Fsp3) is 0.353. The second-order valence-corrected chi connectivity index (χ2v) is 5.96. The molecule has 0 heterocycles. The zero-order chi connectivity index (χ0) is 17.3. The molecule has 4 atom stereocenters. The van der Waals surface area contributed by atoms with Crippen LogP contribution in [0.4, 0.5) is 0 Å². The lowest BCUT2D eigenvalue weighted by Crippen LogP contribution is -2.50. The zero-order valence-corrected chi connectivity index (χ0v) is 13.0. The highest BCUT2D eigenvalue weighted by Crippen LogP contribution is 2.47. The molecule has 1 aromatic carbocycles. The Morgan fingerprint density at radius 3 is 2.42 bits per heavy atom. The lowest BCUT2D eigenvalue weighted by Gasteiger charge is -2.27. The van der Waals surface area contributed by atoms with E-state index >= 15 is 0 Å². The van der Waals surface area contributed by atoms with Crippen LogP contribution in [0.5, 0.6) is 5.75 Å². The van der Waals surface area contributed by atoms with E-state index in [-0.39, 0.29) is 17.4 Å². The number of nitrogens with one attached hydrogen (secondary N) is 2. The van der Waals surface area contributed by atoms with E-state index < -0.39 is 29.6 Å². The third-order valence-electron chi connectivity index (χ3n) is 4.69. The van der Waals surface area contributed by atoms with Gasteiger partial charge in [-0.1, -0.05) is 24.3 Å². The first-order chi connectivity index (χ1) is 11.5. The molecule has 24 heavy (non-hydrogen) atoms. The normalized spacial score (nSPS) is 26.9. The molecule has 0 radical (unpaired) electrons. The minimum absolute atomic E-state index is 0.138. The quantitative estimate of drug-likeness (QED) is 0.580. The molecule has 126 valence electrons. The van der Waals surface area contributed by atoms with Crippen LogP contribution in [-0.4, -0.2) is 24.9 Å². The molecule has 2 N–H and O–H groups in total. The molecule has 2 aliphatic rings. The Morgan fingerprint density at radius 2 is 1.75 bits per heavy atom. The summed E-state index contributed by atoms with van der Waals surface area (Å²) in [6.45, 7) is 0. The number of carbonyl (C=O) groups is 3. The predicted octanol–water partition coefficient (Wildman–Crippen LogP) is -0.356. The number of ether oxygens (including phenoxy) is 1. The molecule has 2 aliphatic carbocycles. The highest BCUT2D eigenvalue weighted by Gasteiger charge is 2.48. The average molecular weight is 329 g/mol. The number of aliphatic carboxylic acids is 1. The van der Waals surface area contributed by atoms with Crippen molar-refractivity contribution >= 4 is 17.8 Å². The molecule has 3 rings (SSSR count). The van der Waals surface area contributed by atoms with Crippen molar-refractivity contribution in [1.82, 2.24) is 10.9 Å². The second-order valence-electron chi connectivity index (χ2n) is 5.96. The van der Waals surface area contributed by atoms with Crippen LogP contribution in [0.3, 0.4) is 0 Å². The van der Waals surface area contributed by atoms with Gasteiger partial charge >= 0.3 is 0 Å². The van der Waals surface area contributed by atoms with Crippen LogP contribution in [0.2, 0.25) is 0 Å². The molecule has 0 spiro atoms. The molecular formula is C17H17N2O5-. The first kappa shape index (κ1) is 16.0. The summed E-state index contributed by atoms with van der Waals surface area (Å²) in [5.41, 5.74) is 4.91. The molecule has 4 unspecified atom stereocenters. The predicted molar refractivity (Wildman–Crippen MR) is 81.3 cm³/mol. The standard InChI is InChI=1S/C17H18N2O5/c1-24-12-5-3-2-4-11(12)15(20)18-19-16(21)13-9-6-7-10(8-9)14(13)17(22)23/h2-7,9-10,13-14H,8H2,1H3,(H,18,20)(H,19,21)(H,22,23)/p-1. The Bertz CT molecular complexity index is 715. The molecule has 1 aromatic rings. The van der Waals surface area contributed by atoms with E-state index in [1.165, 1.54) is 7.11 Å². The minimum Gasteiger partial charge on any atom is -0.550 e. The van der Waals surface area contributed by atoms with Gasteiger partial charge in [-0.15, -0.1) is 0 Å². The molecule has 1 saturated carbocycles. The number of benzene rings is 1. The molecule has 7 heteroatoms. The van der Waals surface area contributed by atoms with Crippen LogP contribution in [0.1, 0.15) is 16.8 Å². The monoisotopic (exact) mass is 329 g/mol. The summed E-state index contributed by atoms with van der Waals surface area (Å²) >= 11 is 0. The van der Waals surface area contributed by atoms with Gasteiger partial charge in [-0.25, -0.2) is 0 Å². The van der Waals surface area contributed by atoms with Gasteiger partial charge in [-0.2, -0.15) is 0 Å². The van der Waals surface area contributed by atoms with Crippen LogP contribution < -0.4 is 20.7 Å². The van der Waals surface area contributed by atoms with Gasteiger partial charge in [0.15, 0.2) is 0 Å². The van der Waals surface area contributed by atoms with E-state index in [0.717, 1.165) is 0 Å². The average Bonchev–Trinajstić information content (AvgIpc) is 3.20. The van der Waals surface area contributed by atoms with Crippen LogP contribution in [0.25, 0.3) is 0 Å². The number of hydrogen-bond acceptors (Lipinski definition) is 5. The molecular weight excluding hydrogens is 312 g/mol. The number of para-hydroxylation sites is 1. The van der Waals surface area contributed by atoms with Crippen LogP contribution >= 0.6 is 0 Å². The van der Waals surface area contributed by atoms with E-state index in [4.69, 9.17) is 4.74 Å². The highest BCUT2D eigenvalue weighted by molar-refractivity contribution is 5.98. The zero-order valence-electron chi connectivity index (χ0n) is 13.0. The number of amides is 2. The van der Waals surface area contributed by atoms with Crippen molar-refractivity contribution in [3.05, 3.63) is 42.0 Å². The summed E-state index contributed by atoms with van der Waals surface area (Å²) in [5, 5.41) is 11.3. The fourth-order valence-electron chi connectivity index (χ4n) is 3.60. The van der Waals surface area contributed by atoms with E-state index in [1.54, 1.807) is 24.3 Å². The molecule has 0 saturated heterocycles. The number of carboxylic acids is 1. The maximum absolute atomic E-state index is 12.4. The lowest BCUT2D eigenvalue weighted by atomic mass is 9.82. The summed E-state index contributed by atoms with van der Waals surface area (Å²) < 4.78 is 5.09. The fourth-order valence-corrected chi connectivity index (χ4v) is 3.60. The number of carboxylic acid groups (broad SMARTS) is 1. The molecule has 7 nitrogen and oxygen atoms in total. The van der Waals surface area contributed by atoms with Crippen molar-refractivity contribution in [2.45, 2.75) is 6.42 Å².